The Bertz CT molecular complexity index is 371. The van der Waals surface area contributed by atoms with E-state index >= 15 is 0 Å². The van der Waals surface area contributed by atoms with Crippen molar-refractivity contribution < 1.29 is 4.74 Å². The molecule has 1 atom stereocenters. The van der Waals surface area contributed by atoms with Crippen LogP contribution in [0.15, 0.2) is 13.6 Å². The number of rotatable bonds is 4. The van der Waals surface area contributed by atoms with Gasteiger partial charge in [0.2, 0.25) is 0 Å². The van der Waals surface area contributed by atoms with Gasteiger partial charge in [0.25, 0.3) is 0 Å². The van der Waals surface area contributed by atoms with Gasteiger partial charge in [0.15, 0.2) is 0 Å². The summed E-state index contributed by atoms with van der Waals surface area (Å²) in [5.74, 6) is 0. The van der Waals surface area contributed by atoms with E-state index in [2.05, 4.69) is 37.9 Å². The predicted octanol–water partition coefficient (Wildman–Crippen LogP) is 4.23. The first-order valence-electron chi connectivity index (χ1n) is 5.32. The molecule has 0 saturated heterocycles. The zero-order chi connectivity index (χ0) is 11.8. The fraction of sp³-hybridized carbons (Fsp3) is 0.636. The van der Waals surface area contributed by atoms with E-state index in [9.17, 15) is 0 Å². The Morgan fingerprint density at radius 3 is 2.62 bits per heavy atom. The van der Waals surface area contributed by atoms with Gasteiger partial charge in [-0.3, -0.25) is 0 Å². The summed E-state index contributed by atoms with van der Waals surface area (Å²) in [4.78, 5) is 0. The van der Waals surface area contributed by atoms with E-state index in [1.165, 1.54) is 12.0 Å². The summed E-state index contributed by atoms with van der Waals surface area (Å²) in [5, 5.41) is 0. The maximum atomic E-state index is 6.26. The zero-order valence-electron chi connectivity index (χ0n) is 9.13. The monoisotopic (exact) mass is 367 g/mol. The van der Waals surface area contributed by atoms with Gasteiger partial charge in [-0.2, -0.15) is 0 Å². The third-order valence-corrected chi connectivity index (χ3v) is 5.76. The van der Waals surface area contributed by atoms with Crippen molar-refractivity contribution in [3.63, 3.8) is 0 Å². The SMILES string of the molecule is COC1(CC(N)c2cc(Br)sc2Br)CCC1. The van der Waals surface area contributed by atoms with Crippen LogP contribution in [0.1, 0.15) is 37.3 Å². The van der Waals surface area contributed by atoms with Crippen molar-refractivity contribution in [2.45, 2.75) is 37.3 Å². The van der Waals surface area contributed by atoms with Crippen molar-refractivity contribution in [3.05, 3.63) is 19.2 Å². The maximum absolute atomic E-state index is 6.26. The Morgan fingerprint density at radius 1 is 1.56 bits per heavy atom. The lowest BCUT2D eigenvalue weighted by atomic mass is 9.75. The van der Waals surface area contributed by atoms with Gasteiger partial charge in [-0.15, -0.1) is 11.3 Å². The van der Waals surface area contributed by atoms with Crippen molar-refractivity contribution in [2.24, 2.45) is 5.73 Å². The minimum atomic E-state index is 0.0350. The summed E-state index contributed by atoms with van der Waals surface area (Å²) in [6.45, 7) is 0. The third-order valence-electron chi connectivity index (χ3n) is 3.37. The Hall–Kier alpha value is 0.580. The highest BCUT2D eigenvalue weighted by Gasteiger charge is 2.39. The smallest absolute Gasteiger partial charge is 0.0758 e. The molecule has 5 heteroatoms. The lowest BCUT2D eigenvalue weighted by Gasteiger charge is -2.42. The molecule has 2 rings (SSSR count). The molecular weight excluding hydrogens is 354 g/mol. The molecule has 0 aliphatic heterocycles. The number of methoxy groups -OCH3 is 1. The van der Waals surface area contributed by atoms with Gasteiger partial charge < -0.3 is 10.5 Å². The summed E-state index contributed by atoms with van der Waals surface area (Å²) in [7, 11) is 1.80. The molecule has 0 bridgehead atoms. The second-order valence-electron chi connectivity index (χ2n) is 4.33. The van der Waals surface area contributed by atoms with Crippen LogP contribution in [0.25, 0.3) is 0 Å². The largest absolute Gasteiger partial charge is 0.378 e. The quantitative estimate of drug-likeness (QED) is 0.862. The molecule has 2 nitrogen and oxygen atoms in total. The molecule has 0 spiro atoms. The molecule has 16 heavy (non-hydrogen) atoms. The highest BCUT2D eigenvalue weighted by Crippen LogP contribution is 2.43. The molecule has 1 aliphatic carbocycles. The van der Waals surface area contributed by atoms with Crippen LogP contribution >= 0.6 is 43.2 Å². The van der Waals surface area contributed by atoms with E-state index in [0.717, 1.165) is 26.8 Å². The summed E-state index contributed by atoms with van der Waals surface area (Å²) in [5.41, 5.74) is 7.47. The van der Waals surface area contributed by atoms with Crippen molar-refractivity contribution in [3.8, 4) is 0 Å². The van der Waals surface area contributed by atoms with Crippen molar-refractivity contribution in [1.82, 2.24) is 0 Å². The van der Waals surface area contributed by atoms with Crippen molar-refractivity contribution >= 4 is 43.2 Å². The number of hydrogen-bond acceptors (Lipinski definition) is 3. The average Bonchev–Trinajstić information content (AvgIpc) is 2.51. The lowest BCUT2D eigenvalue weighted by molar-refractivity contribution is -0.0817. The molecule has 1 fully saturated rings. The van der Waals surface area contributed by atoms with E-state index < -0.39 is 0 Å². The molecule has 1 aromatic heterocycles. The molecule has 1 heterocycles. The fourth-order valence-electron chi connectivity index (χ4n) is 2.18. The van der Waals surface area contributed by atoms with Gasteiger partial charge in [0, 0.05) is 13.2 Å². The Labute approximate surface area is 117 Å². The van der Waals surface area contributed by atoms with Gasteiger partial charge >= 0.3 is 0 Å². The van der Waals surface area contributed by atoms with Crippen LogP contribution in [-0.2, 0) is 4.74 Å². The molecule has 0 amide bonds. The highest BCUT2D eigenvalue weighted by atomic mass is 79.9. The Kier molecular flexibility index (Phi) is 4.12. The highest BCUT2D eigenvalue weighted by molar-refractivity contribution is 9.12. The van der Waals surface area contributed by atoms with E-state index in [1.807, 2.05) is 0 Å². The Balaban J connectivity index is 2.07. The molecule has 1 aliphatic rings. The van der Waals surface area contributed by atoms with Gasteiger partial charge in [-0.05, 0) is 69.2 Å². The minimum absolute atomic E-state index is 0.0350. The van der Waals surface area contributed by atoms with Gasteiger partial charge in [-0.25, -0.2) is 0 Å². The number of nitrogens with two attached hydrogens (primary N) is 1. The van der Waals surface area contributed by atoms with Crippen LogP contribution in [0.5, 0.6) is 0 Å². The van der Waals surface area contributed by atoms with Crippen LogP contribution < -0.4 is 5.73 Å². The van der Waals surface area contributed by atoms with Gasteiger partial charge in [-0.1, -0.05) is 0 Å². The van der Waals surface area contributed by atoms with Crippen LogP contribution in [0.2, 0.25) is 0 Å². The van der Waals surface area contributed by atoms with Crippen LogP contribution in [0.4, 0.5) is 0 Å². The third kappa shape index (κ3) is 2.53. The molecule has 1 aromatic rings. The number of ether oxygens (including phenoxy) is 1. The van der Waals surface area contributed by atoms with Crippen LogP contribution in [0, 0.1) is 0 Å². The maximum Gasteiger partial charge on any atom is 0.0758 e. The average molecular weight is 369 g/mol. The second-order valence-corrected chi connectivity index (χ2v) is 8.08. The number of thiophene rings is 1. The summed E-state index contributed by atoms with van der Waals surface area (Å²) < 4.78 is 7.85. The summed E-state index contributed by atoms with van der Waals surface area (Å²) >= 11 is 8.70. The van der Waals surface area contributed by atoms with Crippen molar-refractivity contribution in [2.75, 3.05) is 7.11 Å². The lowest BCUT2D eigenvalue weighted by Crippen LogP contribution is -2.41. The van der Waals surface area contributed by atoms with Crippen molar-refractivity contribution in [1.29, 1.82) is 0 Å². The van der Waals surface area contributed by atoms with Gasteiger partial charge in [0.1, 0.15) is 0 Å². The summed E-state index contributed by atoms with van der Waals surface area (Å²) in [6.07, 6.45) is 4.45. The molecule has 1 unspecified atom stereocenters. The molecule has 0 radical (unpaired) electrons. The number of hydrogen-bond donors (Lipinski definition) is 1. The topological polar surface area (TPSA) is 35.2 Å². The van der Waals surface area contributed by atoms with E-state index in [4.69, 9.17) is 10.5 Å². The standard InChI is InChI=1S/C11H15Br2NOS/c1-15-11(3-2-4-11)6-8(14)7-5-9(12)16-10(7)13/h5,8H,2-4,6,14H2,1H3. The summed E-state index contributed by atoms with van der Waals surface area (Å²) in [6, 6.07) is 2.15. The molecule has 1 saturated carbocycles. The normalized spacial score (nSPS) is 20.5. The van der Waals surface area contributed by atoms with Crippen LogP contribution in [-0.4, -0.2) is 12.7 Å². The molecule has 0 aromatic carbocycles. The fourth-order valence-corrected chi connectivity index (χ4v) is 5.18. The predicted molar refractivity (Wildman–Crippen MR) is 74.9 cm³/mol. The molecular formula is C11H15Br2NOS. The Morgan fingerprint density at radius 2 is 2.25 bits per heavy atom. The molecule has 2 N–H and O–H groups in total. The molecule has 90 valence electrons. The first kappa shape index (κ1) is 13.0. The first-order chi connectivity index (χ1) is 7.56. The zero-order valence-corrected chi connectivity index (χ0v) is 13.1. The van der Waals surface area contributed by atoms with Gasteiger partial charge in [0.05, 0.1) is 13.2 Å². The minimum Gasteiger partial charge on any atom is -0.378 e. The van der Waals surface area contributed by atoms with E-state index in [1.54, 1.807) is 18.4 Å². The van der Waals surface area contributed by atoms with E-state index in [-0.39, 0.29) is 11.6 Å². The second kappa shape index (κ2) is 5.06. The first-order valence-corrected chi connectivity index (χ1v) is 7.72. The van der Waals surface area contributed by atoms with Crippen LogP contribution in [0.3, 0.4) is 0 Å². The van der Waals surface area contributed by atoms with E-state index in [0.29, 0.717) is 0 Å². The number of halogens is 2.